The first-order valence-corrected chi connectivity index (χ1v) is 7.63. The van der Waals surface area contributed by atoms with Gasteiger partial charge in [-0.3, -0.25) is 4.79 Å². The number of hydrogen-bond acceptors (Lipinski definition) is 3. The third-order valence-electron chi connectivity index (χ3n) is 4.36. The molecule has 2 aromatic carbocycles. The van der Waals surface area contributed by atoms with Crippen molar-refractivity contribution in [2.75, 3.05) is 6.54 Å². The predicted octanol–water partition coefficient (Wildman–Crippen LogP) is 0.434. The van der Waals surface area contributed by atoms with Crippen LogP contribution < -0.4 is 56.7 Å². The van der Waals surface area contributed by atoms with Crippen LogP contribution in [0.2, 0.25) is 0 Å². The number of hydrogen-bond donors (Lipinski definition) is 1. The number of benzene rings is 2. The zero-order chi connectivity index (χ0) is 15.6. The van der Waals surface area contributed by atoms with Crippen LogP contribution in [0, 0.1) is 5.92 Å². The number of esters is 1. The van der Waals surface area contributed by atoms with Gasteiger partial charge in [-0.05, 0) is 25.0 Å². The average molecular weight is 335 g/mol. The van der Waals surface area contributed by atoms with Gasteiger partial charge in [0.15, 0.2) is 6.10 Å². The van der Waals surface area contributed by atoms with E-state index in [9.17, 15) is 4.79 Å². The molecular weight excluding hydrogens is 313 g/mol. The molecule has 0 spiro atoms. The van der Waals surface area contributed by atoms with Gasteiger partial charge in [0, 0.05) is 12.1 Å². The Morgan fingerprint density at radius 3 is 1.91 bits per heavy atom. The van der Waals surface area contributed by atoms with Gasteiger partial charge in [0.2, 0.25) is 0 Å². The van der Waals surface area contributed by atoms with Gasteiger partial charge < -0.3 is 11.5 Å². The fraction of sp³-hybridized carbons (Fsp3) is 0.316. The van der Waals surface area contributed by atoms with Crippen molar-refractivity contribution in [3.63, 3.8) is 0 Å². The number of carbonyl (C=O) groups excluding carboxylic acids is 1. The summed E-state index contributed by atoms with van der Waals surface area (Å²) in [5.41, 5.74) is 1.80. The van der Waals surface area contributed by atoms with Gasteiger partial charge in [0.25, 0.3) is 0 Å². The maximum atomic E-state index is 12.5. The summed E-state index contributed by atoms with van der Waals surface area (Å²) in [6, 6.07) is 19.8. The van der Waals surface area contributed by atoms with E-state index in [-0.39, 0.29) is 76.3 Å². The molecule has 1 aliphatic rings. The second kappa shape index (κ2) is 8.06. The minimum absolute atomic E-state index is 0. The van der Waals surface area contributed by atoms with E-state index in [4.69, 9.17) is 4.74 Å². The summed E-state index contributed by atoms with van der Waals surface area (Å²) in [7, 11) is 0. The Morgan fingerprint density at radius 1 is 1.09 bits per heavy atom. The Bertz CT molecular complexity index is 609. The third kappa shape index (κ3) is 4.32. The molecule has 1 heterocycles. The first-order valence-electron chi connectivity index (χ1n) is 7.63. The van der Waals surface area contributed by atoms with Crippen LogP contribution in [-0.4, -0.2) is 18.1 Å². The topological polar surface area (TPSA) is 38.3 Å². The molecule has 0 aliphatic carbocycles. The fourth-order valence-corrected chi connectivity index (χ4v) is 2.77. The molecule has 0 aromatic heterocycles. The normalized spacial score (nSPS) is 18.7. The molecule has 0 saturated carbocycles. The van der Waals surface area contributed by atoms with Crippen LogP contribution in [0.15, 0.2) is 60.7 Å². The first-order chi connectivity index (χ1) is 10.6. The molecule has 23 heavy (non-hydrogen) atoms. The van der Waals surface area contributed by atoms with Crippen LogP contribution in [0.1, 0.15) is 32.5 Å². The Morgan fingerprint density at radius 2 is 1.57 bits per heavy atom. The van der Waals surface area contributed by atoms with Crippen LogP contribution in [0.25, 0.3) is 0 Å². The molecule has 0 radical (unpaired) electrons. The molecule has 1 atom stereocenters. The van der Waals surface area contributed by atoms with Crippen LogP contribution in [0.5, 0.6) is 0 Å². The molecule has 1 unspecified atom stereocenters. The third-order valence-corrected chi connectivity index (χ3v) is 4.36. The molecular formula is C19H22KNO2. The fourth-order valence-electron chi connectivity index (χ4n) is 2.77. The number of rotatable bonds is 4. The minimum atomic E-state index is -0.355. The molecule has 0 amide bonds. The number of nitrogens with one attached hydrogen (secondary N) is 1. The van der Waals surface area contributed by atoms with Crippen molar-refractivity contribution < 1.29 is 62.3 Å². The van der Waals surface area contributed by atoms with Gasteiger partial charge in [-0.2, -0.15) is 0 Å². The number of ether oxygens (including phenoxy) is 1. The summed E-state index contributed by atoms with van der Waals surface area (Å²) >= 11 is 0. The Labute approximate surface area is 181 Å². The summed E-state index contributed by atoms with van der Waals surface area (Å²) in [6.45, 7) is 4.74. The molecule has 4 heteroatoms. The van der Waals surface area contributed by atoms with E-state index in [1.54, 1.807) is 0 Å². The molecule has 116 valence electrons. The Hall–Kier alpha value is -0.494. The Kier molecular flexibility index (Phi) is 6.60. The summed E-state index contributed by atoms with van der Waals surface area (Å²) in [6.07, 6.45) is -0.355. The molecule has 1 aliphatic heterocycles. The van der Waals surface area contributed by atoms with E-state index < -0.39 is 0 Å². The summed E-state index contributed by atoms with van der Waals surface area (Å²) in [4.78, 5) is 12.5. The molecule has 0 bridgehead atoms. The monoisotopic (exact) mass is 335 g/mol. The molecule has 1 saturated heterocycles. The van der Waals surface area contributed by atoms with Crippen molar-refractivity contribution in [2.24, 2.45) is 5.92 Å². The van der Waals surface area contributed by atoms with E-state index >= 15 is 0 Å². The van der Waals surface area contributed by atoms with Crippen molar-refractivity contribution in [1.29, 1.82) is 0 Å². The van der Waals surface area contributed by atoms with Gasteiger partial charge >= 0.3 is 57.4 Å². The van der Waals surface area contributed by atoms with Gasteiger partial charge in [-0.15, -0.1) is 0 Å². The van der Waals surface area contributed by atoms with Crippen molar-refractivity contribution in [1.82, 2.24) is 5.32 Å². The second-order valence-electron chi connectivity index (χ2n) is 6.29. The average Bonchev–Trinajstić information content (AvgIpc) is 2.53. The van der Waals surface area contributed by atoms with Crippen molar-refractivity contribution in [2.45, 2.75) is 25.5 Å². The van der Waals surface area contributed by atoms with E-state index in [1.165, 1.54) is 0 Å². The van der Waals surface area contributed by atoms with Crippen LogP contribution >= 0.6 is 0 Å². The van der Waals surface area contributed by atoms with Gasteiger partial charge in [-0.1, -0.05) is 60.7 Å². The van der Waals surface area contributed by atoms with Gasteiger partial charge in [0.1, 0.15) is 0 Å². The van der Waals surface area contributed by atoms with Crippen LogP contribution in [0.4, 0.5) is 0 Å². The summed E-state index contributed by atoms with van der Waals surface area (Å²) < 4.78 is 5.88. The van der Waals surface area contributed by atoms with Gasteiger partial charge in [0.05, 0.1) is 5.92 Å². The largest absolute Gasteiger partial charge is 1.00 e. The zero-order valence-corrected chi connectivity index (χ0v) is 17.1. The number of carbonyl (C=O) groups is 1. The Balaban J connectivity index is 0.00000144. The molecule has 3 nitrogen and oxygen atoms in total. The van der Waals surface area contributed by atoms with Crippen LogP contribution in [-0.2, 0) is 9.53 Å². The van der Waals surface area contributed by atoms with E-state index in [1.807, 2.05) is 74.5 Å². The standard InChI is InChI=1S/C19H21NO2.K.H/c1-19(2)16(13-20-19)18(21)22-17(14-9-5-3-6-10-14)15-11-7-4-8-12-15;;/h3-12,16-17,20H,13H2,1-2H3;;/q;+1;-1. The van der Waals surface area contributed by atoms with E-state index in [2.05, 4.69) is 5.32 Å². The summed E-state index contributed by atoms with van der Waals surface area (Å²) in [5, 5.41) is 3.27. The molecule has 1 N–H and O–H groups in total. The van der Waals surface area contributed by atoms with Crippen molar-refractivity contribution in [3.8, 4) is 0 Å². The molecule has 2 aromatic rings. The van der Waals surface area contributed by atoms with Gasteiger partial charge in [-0.25, -0.2) is 0 Å². The smallest absolute Gasteiger partial charge is 1.00 e. The second-order valence-corrected chi connectivity index (χ2v) is 6.29. The minimum Gasteiger partial charge on any atom is -1.00 e. The predicted molar refractivity (Wildman–Crippen MR) is 87.5 cm³/mol. The van der Waals surface area contributed by atoms with Crippen molar-refractivity contribution in [3.05, 3.63) is 71.8 Å². The maximum Gasteiger partial charge on any atom is 1.00 e. The van der Waals surface area contributed by atoms with Crippen molar-refractivity contribution >= 4 is 5.97 Å². The molecule has 1 fully saturated rings. The quantitative estimate of drug-likeness (QED) is 0.651. The van der Waals surface area contributed by atoms with E-state index in [0.29, 0.717) is 6.54 Å². The van der Waals surface area contributed by atoms with Crippen LogP contribution in [0.3, 0.4) is 0 Å². The SMILES string of the molecule is CC1(C)NCC1C(=O)OC(c1ccccc1)c1ccccc1.[H-].[K+]. The maximum absolute atomic E-state index is 12.5. The first kappa shape index (κ1) is 18.8. The summed E-state index contributed by atoms with van der Waals surface area (Å²) in [5.74, 6) is -0.233. The zero-order valence-electron chi connectivity index (χ0n) is 15.0. The molecule has 3 rings (SSSR count). The van der Waals surface area contributed by atoms with E-state index in [0.717, 1.165) is 11.1 Å².